The molecule has 0 aromatic rings. The SMILES string of the molecule is CCCCCCCCCCCCCCCC(=O)OCC(NC(=O)OC(C)(C)C)C(=O)NOCC. The molecule has 0 fully saturated rings. The third kappa shape index (κ3) is 20.8. The van der Waals surface area contributed by atoms with Gasteiger partial charge in [-0.05, 0) is 34.1 Å². The minimum atomic E-state index is -1.10. The largest absolute Gasteiger partial charge is 0.463 e. The van der Waals surface area contributed by atoms with E-state index in [-0.39, 0.29) is 19.2 Å². The van der Waals surface area contributed by atoms with Gasteiger partial charge >= 0.3 is 12.1 Å². The molecule has 0 aliphatic heterocycles. The molecule has 1 unspecified atom stereocenters. The first-order chi connectivity index (χ1) is 16.2. The number of alkyl carbamates (subject to hydrolysis) is 1. The van der Waals surface area contributed by atoms with Crippen LogP contribution in [-0.2, 0) is 23.9 Å². The number of hydrogen-bond donors (Lipinski definition) is 2. The van der Waals surface area contributed by atoms with Crippen molar-refractivity contribution >= 4 is 18.0 Å². The van der Waals surface area contributed by atoms with Crippen LogP contribution in [-0.4, -0.2) is 42.8 Å². The zero-order chi connectivity index (χ0) is 25.7. The Balaban J connectivity index is 3.99. The Labute approximate surface area is 207 Å². The summed E-state index contributed by atoms with van der Waals surface area (Å²) in [5, 5.41) is 2.42. The van der Waals surface area contributed by atoms with Gasteiger partial charge in [0.05, 0.1) is 6.61 Å². The predicted octanol–water partition coefficient (Wildman–Crippen LogP) is 5.97. The van der Waals surface area contributed by atoms with E-state index in [9.17, 15) is 14.4 Å². The van der Waals surface area contributed by atoms with Crippen molar-refractivity contribution in [3.63, 3.8) is 0 Å². The Morgan fingerprint density at radius 2 is 1.26 bits per heavy atom. The molecule has 0 rings (SSSR count). The Kier molecular flexibility index (Phi) is 19.4. The summed E-state index contributed by atoms with van der Waals surface area (Å²) >= 11 is 0. The Hall–Kier alpha value is -1.83. The molecule has 8 heteroatoms. The Bertz CT molecular complexity index is 548. The number of nitrogens with one attached hydrogen (secondary N) is 2. The minimum absolute atomic E-state index is 0.268. The van der Waals surface area contributed by atoms with Gasteiger partial charge in [0.15, 0.2) is 0 Å². The van der Waals surface area contributed by atoms with Gasteiger partial charge in [-0.1, -0.05) is 84.0 Å². The number of rotatable bonds is 20. The third-order valence-electron chi connectivity index (χ3n) is 5.22. The number of hydrogen-bond acceptors (Lipinski definition) is 6. The molecule has 0 radical (unpaired) electrons. The van der Waals surface area contributed by atoms with Gasteiger partial charge in [-0.25, -0.2) is 10.3 Å². The normalized spacial score (nSPS) is 12.1. The predicted molar refractivity (Wildman–Crippen MR) is 134 cm³/mol. The summed E-state index contributed by atoms with van der Waals surface area (Å²) in [6.45, 7) is 9.11. The van der Waals surface area contributed by atoms with Crippen molar-refractivity contribution in [3.05, 3.63) is 0 Å². The van der Waals surface area contributed by atoms with E-state index in [4.69, 9.17) is 14.3 Å². The first-order valence-corrected chi connectivity index (χ1v) is 13.3. The maximum absolute atomic E-state index is 12.2. The van der Waals surface area contributed by atoms with Gasteiger partial charge in [-0.2, -0.15) is 0 Å². The number of ether oxygens (including phenoxy) is 2. The van der Waals surface area contributed by atoms with E-state index >= 15 is 0 Å². The van der Waals surface area contributed by atoms with Gasteiger partial charge in [-0.15, -0.1) is 0 Å². The van der Waals surface area contributed by atoms with Crippen molar-refractivity contribution in [2.45, 2.75) is 136 Å². The van der Waals surface area contributed by atoms with Crippen LogP contribution in [0.5, 0.6) is 0 Å². The van der Waals surface area contributed by atoms with Crippen LogP contribution in [0.3, 0.4) is 0 Å². The van der Waals surface area contributed by atoms with E-state index in [0.717, 1.165) is 19.3 Å². The van der Waals surface area contributed by atoms with Crippen LogP contribution in [0.25, 0.3) is 0 Å². The molecule has 1 atom stereocenters. The number of unbranched alkanes of at least 4 members (excludes halogenated alkanes) is 12. The number of amides is 2. The number of carbonyl (C=O) groups excluding carboxylic acids is 3. The topological polar surface area (TPSA) is 103 Å². The summed E-state index contributed by atoms with van der Waals surface area (Å²) < 4.78 is 10.4. The lowest BCUT2D eigenvalue weighted by molar-refractivity contribution is -0.147. The molecule has 0 heterocycles. The van der Waals surface area contributed by atoms with Crippen molar-refractivity contribution in [2.75, 3.05) is 13.2 Å². The quantitative estimate of drug-likeness (QED) is 0.125. The second-order valence-corrected chi connectivity index (χ2v) is 9.77. The second-order valence-electron chi connectivity index (χ2n) is 9.77. The summed E-state index contributed by atoms with van der Waals surface area (Å²) in [5.74, 6) is -0.996. The number of carbonyl (C=O) groups is 3. The lowest BCUT2D eigenvalue weighted by Gasteiger charge is -2.23. The van der Waals surface area contributed by atoms with E-state index in [0.29, 0.717) is 6.42 Å². The molecule has 0 saturated carbocycles. The maximum Gasteiger partial charge on any atom is 0.408 e. The van der Waals surface area contributed by atoms with Crippen LogP contribution in [0.2, 0.25) is 0 Å². The zero-order valence-corrected chi connectivity index (χ0v) is 22.3. The number of esters is 1. The van der Waals surface area contributed by atoms with Crippen molar-refractivity contribution in [1.29, 1.82) is 0 Å². The zero-order valence-electron chi connectivity index (χ0n) is 22.3. The van der Waals surface area contributed by atoms with Crippen LogP contribution < -0.4 is 10.8 Å². The summed E-state index contributed by atoms with van der Waals surface area (Å²) in [7, 11) is 0. The van der Waals surface area contributed by atoms with Crippen LogP contribution in [0.15, 0.2) is 0 Å². The van der Waals surface area contributed by atoms with Gasteiger partial charge < -0.3 is 14.8 Å². The molecular weight excluding hydrogens is 436 g/mol. The van der Waals surface area contributed by atoms with Crippen molar-refractivity contribution < 1.29 is 28.7 Å². The van der Waals surface area contributed by atoms with Gasteiger partial charge in [0.1, 0.15) is 18.2 Å². The van der Waals surface area contributed by atoms with Crippen LogP contribution in [0.4, 0.5) is 4.79 Å². The molecule has 0 bridgehead atoms. The molecule has 0 aliphatic rings. The van der Waals surface area contributed by atoms with Crippen molar-refractivity contribution in [2.24, 2.45) is 0 Å². The Morgan fingerprint density at radius 1 is 0.765 bits per heavy atom. The molecule has 0 aliphatic carbocycles. The van der Waals surface area contributed by atoms with Crippen LogP contribution in [0.1, 0.15) is 125 Å². The van der Waals surface area contributed by atoms with Gasteiger partial charge in [0, 0.05) is 6.42 Å². The fourth-order valence-corrected chi connectivity index (χ4v) is 3.38. The molecule has 0 saturated heterocycles. The molecule has 0 aromatic heterocycles. The molecule has 2 N–H and O–H groups in total. The van der Waals surface area contributed by atoms with Crippen LogP contribution >= 0.6 is 0 Å². The summed E-state index contributed by atoms with van der Waals surface area (Å²) in [5.41, 5.74) is 1.51. The lowest BCUT2D eigenvalue weighted by Crippen LogP contribution is -2.50. The summed E-state index contributed by atoms with van der Waals surface area (Å²) in [4.78, 5) is 41.2. The van der Waals surface area contributed by atoms with E-state index in [1.165, 1.54) is 64.2 Å². The molecule has 2 amide bonds. The molecule has 8 nitrogen and oxygen atoms in total. The smallest absolute Gasteiger partial charge is 0.408 e. The highest BCUT2D eigenvalue weighted by Crippen LogP contribution is 2.13. The van der Waals surface area contributed by atoms with E-state index in [1.807, 2.05) is 0 Å². The van der Waals surface area contributed by atoms with E-state index in [2.05, 4.69) is 17.7 Å². The van der Waals surface area contributed by atoms with E-state index in [1.54, 1.807) is 27.7 Å². The lowest BCUT2D eigenvalue weighted by atomic mass is 10.0. The van der Waals surface area contributed by atoms with Crippen molar-refractivity contribution in [1.82, 2.24) is 10.8 Å². The first kappa shape index (κ1) is 32.2. The summed E-state index contributed by atoms with van der Waals surface area (Å²) in [6, 6.07) is -1.10. The highest BCUT2D eigenvalue weighted by Gasteiger charge is 2.26. The standard InChI is InChI=1S/C26H50N2O6/c1-6-8-9-10-11-12-13-14-15-16-17-18-19-20-23(29)32-21-22(24(30)28-33-7-2)27-25(31)34-26(3,4)5/h22H,6-21H2,1-5H3,(H,27,31)(H,28,30). The fourth-order valence-electron chi connectivity index (χ4n) is 3.38. The number of hydroxylamine groups is 1. The third-order valence-corrected chi connectivity index (χ3v) is 5.22. The Morgan fingerprint density at radius 3 is 1.74 bits per heavy atom. The average molecular weight is 487 g/mol. The van der Waals surface area contributed by atoms with Gasteiger partial charge in [0.2, 0.25) is 0 Å². The minimum Gasteiger partial charge on any atom is -0.463 e. The fraction of sp³-hybridized carbons (Fsp3) is 0.885. The molecule has 0 aromatic carbocycles. The van der Waals surface area contributed by atoms with E-state index < -0.39 is 23.6 Å². The summed E-state index contributed by atoms with van der Waals surface area (Å²) in [6.07, 6.45) is 15.6. The average Bonchev–Trinajstić information content (AvgIpc) is 2.76. The maximum atomic E-state index is 12.2. The second kappa shape index (κ2) is 20.5. The van der Waals surface area contributed by atoms with Gasteiger partial charge in [-0.3, -0.25) is 14.4 Å². The molecule has 34 heavy (non-hydrogen) atoms. The van der Waals surface area contributed by atoms with Crippen molar-refractivity contribution in [3.8, 4) is 0 Å². The molecule has 0 spiro atoms. The van der Waals surface area contributed by atoms with Crippen LogP contribution in [0, 0.1) is 0 Å². The first-order valence-electron chi connectivity index (χ1n) is 13.3. The molecular formula is C26H50N2O6. The van der Waals surface area contributed by atoms with Gasteiger partial charge in [0.25, 0.3) is 5.91 Å². The monoisotopic (exact) mass is 486 g/mol. The highest BCUT2D eigenvalue weighted by molar-refractivity contribution is 5.85. The molecule has 200 valence electrons. The highest BCUT2D eigenvalue weighted by atomic mass is 16.7.